The molecule has 1 atom stereocenters. The van der Waals surface area contributed by atoms with Crippen LogP contribution in [0.25, 0.3) is 0 Å². The van der Waals surface area contributed by atoms with Gasteiger partial charge in [-0.1, -0.05) is 74.5 Å². The quantitative estimate of drug-likeness (QED) is 0.575. The van der Waals surface area contributed by atoms with Gasteiger partial charge in [-0.25, -0.2) is 4.98 Å². The van der Waals surface area contributed by atoms with Crippen molar-refractivity contribution in [2.45, 2.75) is 50.5 Å². The summed E-state index contributed by atoms with van der Waals surface area (Å²) in [6, 6.07) is 21.0. The normalized spacial score (nSPS) is 16.3. The van der Waals surface area contributed by atoms with Gasteiger partial charge in [0.05, 0.1) is 17.2 Å². The summed E-state index contributed by atoms with van der Waals surface area (Å²) < 4.78 is 5.60. The number of ether oxygens (including phenoxy) is 1. The van der Waals surface area contributed by atoms with Crippen LogP contribution in [0.4, 0.5) is 0 Å². The first-order valence-corrected chi connectivity index (χ1v) is 11.6. The number of carbonyl (C=O) groups excluding carboxylic acids is 1. The van der Waals surface area contributed by atoms with Crippen LogP contribution in [0.1, 0.15) is 61.3 Å². The van der Waals surface area contributed by atoms with E-state index in [-0.39, 0.29) is 23.4 Å². The van der Waals surface area contributed by atoms with Gasteiger partial charge in [0.1, 0.15) is 5.82 Å². The van der Waals surface area contributed by atoms with Crippen molar-refractivity contribution in [1.82, 2.24) is 15.3 Å². The summed E-state index contributed by atoms with van der Waals surface area (Å²) in [6.45, 7) is 5.08. The smallest absolute Gasteiger partial charge is 0.251 e. The molecule has 1 amide bonds. The Hall–Kier alpha value is -3.25. The highest BCUT2D eigenvalue weighted by Crippen LogP contribution is 2.36. The topological polar surface area (TPSA) is 84.1 Å². The van der Waals surface area contributed by atoms with Crippen LogP contribution in [-0.4, -0.2) is 29.1 Å². The second-order valence-corrected chi connectivity index (χ2v) is 8.98. The minimum atomic E-state index is -0.642. The van der Waals surface area contributed by atoms with Crippen LogP contribution in [0.5, 0.6) is 0 Å². The summed E-state index contributed by atoms with van der Waals surface area (Å²) in [5, 5.41) is 3.31. The molecule has 2 N–H and O–H groups in total. The zero-order valence-electron chi connectivity index (χ0n) is 19.2. The molecule has 6 nitrogen and oxygen atoms in total. The zero-order chi connectivity index (χ0) is 23.3. The second-order valence-electron chi connectivity index (χ2n) is 8.98. The second kappa shape index (κ2) is 10.1. The van der Waals surface area contributed by atoms with E-state index in [2.05, 4.69) is 15.3 Å². The van der Waals surface area contributed by atoms with Crippen LogP contribution in [0, 0.1) is 0 Å². The highest BCUT2D eigenvalue weighted by molar-refractivity contribution is 5.88. The van der Waals surface area contributed by atoms with Crippen molar-refractivity contribution in [1.29, 1.82) is 0 Å². The fourth-order valence-electron chi connectivity index (χ4n) is 4.47. The summed E-state index contributed by atoms with van der Waals surface area (Å²) in [6.07, 6.45) is 1.69. The Bertz CT molecular complexity index is 1120. The van der Waals surface area contributed by atoms with Gasteiger partial charge in [0, 0.05) is 31.6 Å². The van der Waals surface area contributed by atoms with Gasteiger partial charge in [-0.3, -0.25) is 9.59 Å². The molecule has 0 aliphatic carbocycles. The SMILES string of the molecule is CC(C)c1nc(CC(NC(=O)C2(c3ccccc3)CCOCC2)c2ccccc2)cc(=O)[nH]1. The number of rotatable bonds is 7. The summed E-state index contributed by atoms with van der Waals surface area (Å²) >= 11 is 0. The first-order valence-electron chi connectivity index (χ1n) is 11.6. The standard InChI is InChI=1S/C27H31N3O3/c1-19(2)25-28-22(18-24(31)30-25)17-23(20-9-5-3-6-10-20)29-26(32)27(13-15-33-16-14-27)21-11-7-4-8-12-21/h3-12,18-19,23H,13-17H2,1-2H3,(H,29,32)(H,28,30,31). The molecule has 172 valence electrons. The van der Waals surface area contributed by atoms with Crippen molar-refractivity contribution in [3.05, 3.63) is 99.7 Å². The molecule has 2 aromatic carbocycles. The van der Waals surface area contributed by atoms with Crippen molar-refractivity contribution in [2.75, 3.05) is 13.2 Å². The van der Waals surface area contributed by atoms with Gasteiger partial charge < -0.3 is 15.0 Å². The molecule has 3 aromatic rings. The number of benzene rings is 2. The lowest BCUT2D eigenvalue weighted by Crippen LogP contribution is -2.49. The Morgan fingerprint density at radius 2 is 1.70 bits per heavy atom. The van der Waals surface area contributed by atoms with Gasteiger partial charge >= 0.3 is 0 Å². The number of amides is 1. The van der Waals surface area contributed by atoms with Gasteiger partial charge in [-0.15, -0.1) is 0 Å². The summed E-state index contributed by atoms with van der Waals surface area (Å²) in [5.41, 5.74) is 1.84. The summed E-state index contributed by atoms with van der Waals surface area (Å²) in [5.74, 6) is 0.742. The van der Waals surface area contributed by atoms with E-state index in [0.29, 0.717) is 44.0 Å². The number of hydrogen-bond acceptors (Lipinski definition) is 4. The highest BCUT2D eigenvalue weighted by Gasteiger charge is 2.42. The average Bonchev–Trinajstić information content (AvgIpc) is 2.84. The lowest BCUT2D eigenvalue weighted by Gasteiger charge is -2.37. The molecule has 1 aliphatic rings. The molecule has 1 unspecified atom stereocenters. The van der Waals surface area contributed by atoms with Gasteiger partial charge in [0.2, 0.25) is 5.91 Å². The number of nitrogens with zero attached hydrogens (tertiary/aromatic N) is 1. The molecule has 0 bridgehead atoms. The number of nitrogens with one attached hydrogen (secondary N) is 2. The Morgan fingerprint density at radius 1 is 1.06 bits per heavy atom. The van der Waals surface area contributed by atoms with E-state index in [1.807, 2.05) is 74.5 Å². The number of aromatic amines is 1. The molecule has 0 saturated carbocycles. The predicted octanol–water partition coefficient (Wildman–Crippen LogP) is 4.04. The van der Waals surface area contributed by atoms with Crippen molar-refractivity contribution in [2.24, 2.45) is 0 Å². The van der Waals surface area contributed by atoms with Gasteiger partial charge in [-0.2, -0.15) is 0 Å². The lowest BCUT2D eigenvalue weighted by atomic mass is 9.73. The van der Waals surface area contributed by atoms with Crippen molar-refractivity contribution < 1.29 is 9.53 Å². The molecule has 1 fully saturated rings. The maximum absolute atomic E-state index is 13.9. The average molecular weight is 446 g/mol. The molecule has 1 aliphatic heterocycles. The third-order valence-electron chi connectivity index (χ3n) is 6.39. The van der Waals surface area contributed by atoms with E-state index in [4.69, 9.17) is 4.74 Å². The zero-order valence-corrected chi connectivity index (χ0v) is 19.2. The molecule has 2 heterocycles. The Balaban J connectivity index is 1.67. The molecule has 4 rings (SSSR count). The van der Waals surface area contributed by atoms with Crippen molar-refractivity contribution >= 4 is 5.91 Å². The Morgan fingerprint density at radius 3 is 2.33 bits per heavy atom. The van der Waals surface area contributed by atoms with E-state index in [0.717, 1.165) is 11.1 Å². The first-order chi connectivity index (χ1) is 16.0. The van der Waals surface area contributed by atoms with E-state index < -0.39 is 5.41 Å². The molecule has 0 radical (unpaired) electrons. The van der Waals surface area contributed by atoms with Gasteiger partial charge in [-0.05, 0) is 24.0 Å². The molecule has 33 heavy (non-hydrogen) atoms. The minimum Gasteiger partial charge on any atom is -0.381 e. The molecular weight excluding hydrogens is 414 g/mol. The van der Waals surface area contributed by atoms with Crippen LogP contribution < -0.4 is 10.9 Å². The number of carbonyl (C=O) groups is 1. The van der Waals surface area contributed by atoms with Crippen molar-refractivity contribution in [3.8, 4) is 0 Å². The van der Waals surface area contributed by atoms with E-state index >= 15 is 0 Å². The maximum Gasteiger partial charge on any atom is 0.251 e. The number of hydrogen-bond donors (Lipinski definition) is 2. The number of aromatic nitrogens is 2. The van der Waals surface area contributed by atoms with Crippen LogP contribution in [0.15, 0.2) is 71.5 Å². The first kappa shape index (κ1) is 22.9. The van der Waals surface area contributed by atoms with Gasteiger partial charge in [0.15, 0.2) is 0 Å². The molecule has 1 aromatic heterocycles. The maximum atomic E-state index is 13.9. The minimum absolute atomic E-state index is 0.0141. The largest absolute Gasteiger partial charge is 0.381 e. The fourth-order valence-corrected chi connectivity index (χ4v) is 4.47. The van der Waals surface area contributed by atoms with E-state index in [9.17, 15) is 9.59 Å². The van der Waals surface area contributed by atoms with Gasteiger partial charge in [0.25, 0.3) is 5.56 Å². The number of H-pyrrole nitrogens is 1. The molecule has 0 spiro atoms. The predicted molar refractivity (Wildman–Crippen MR) is 128 cm³/mol. The molecule has 1 saturated heterocycles. The van der Waals surface area contributed by atoms with Crippen LogP contribution >= 0.6 is 0 Å². The van der Waals surface area contributed by atoms with Crippen LogP contribution in [0.2, 0.25) is 0 Å². The monoisotopic (exact) mass is 445 g/mol. The summed E-state index contributed by atoms with van der Waals surface area (Å²) in [4.78, 5) is 33.6. The van der Waals surface area contributed by atoms with Crippen molar-refractivity contribution in [3.63, 3.8) is 0 Å². The third-order valence-corrected chi connectivity index (χ3v) is 6.39. The summed E-state index contributed by atoms with van der Waals surface area (Å²) in [7, 11) is 0. The van der Waals surface area contributed by atoms with E-state index in [1.165, 1.54) is 6.07 Å². The lowest BCUT2D eigenvalue weighted by molar-refractivity contribution is -0.131. The third kappa shape index (κ3) is 5.22. The molecular formula is C27H31N3O3. The van der Waals surface area contributed by atoms with Crippen LogP contribution in [-0.2, 0) is 21.4 Å². The Labute approximate surface area is 194 Å². The fraction of sp³-hybridized carbons (Fsp3) is 0.370. The highest BCUT2D eigenvalue weighted by atomic mass is 16.5. The van der Waals surface area contributed by atoms with Crippen LogP contribution in [0.3, 0.4) is 0 Å². The van der Waals surface area contributed by atoms with E-state index in [1.54, 1.807) is 0 Å². The Kier molecular flexibility index (Phi) is 7.04. The molecule has 6 heteroatoms.